The SMILES string of the molecule is Oc1ccc(CNCC2CC2)c(O)c1O. The van der Waals surface area contributed by atoms with E-state index in [1.54, 1.807) is 6.07 Å². The molecule has 15 heavy (non-hydrogen) atoms. The number of hydrogen-bond donors (Lipinski definition) is 4. The molecule has 1 saturated carbocycles. The summed E-state index contributed by atoms with van der Waals surface area (Å²) in [5.41, 5.74) is 0.603. The molecule has 1 fully saturated rings. The normalized spacial score (nSPS) is 15.5. The van der Waals surface area contributed by atoms with Crippen LogP contribution in [0.5, 0.6) is 17.2 Å². The zero-order chi connectivity index (χ0) is 10.8. The Hall–Kier alpha value is -1.42. The Balaban J connectivity index is 1.97. The van der Waals surface area contributed by atoms with Crippen molar-refractivity contribution in [3.63, 3.8) is 0 Å². The average molecular weight is 209 g/mol. The second-order valence-corrected chi connectivity index (χ2v) is 4.02. The summed E-state index contributed by atoms with van der Waals surface area (Å²) in [6.07, 6.45) is 2.56. The van der Waals surface area contributed by atoms with Gasteiger partial charge in [0.1, 0.15) is 0 Å². The highest BCUT2D eigenvalue weighted by Gasteiger charge is 2.20. The Bertz CT molecular complexity index is 361. The molecule has 1 aromatic rings. The third kappa shape index (κ3) is 2.33. The summed E-state index contributed by atoms with van der Waals surface area (Å²) in [5.74, 6) is -0.199. The van der Waals surface area contributed by atoms with Crippen LogP contribution >= 0.6 is 0 Å². The summed E-state index contributed by atoms with van der Waals surface area (Å²) in [6, 6.07) is 2.98. The summed E-state index contributed by atoms with van der Waals surface area (Å²) in [6.45, 7) is 1.46. The lowest BCUT2D eigenvalue weighted by molar-refractivity contribution is 0.364. The number of phenolic OH excluding ortho intramolecular Hbond substituents is 3. The molecule has 0 spiro atoms. The molecule has 82 valence electrons. The van der Waals surface area contributed by atoms with Crippen LogP contribution in [0, 0.1) is 5.92 Å². The highest BCUT2D eigenvalue weighted by molar-refractivity contribution is 5.52. The summed E-state index contributed by atoms with van der Waals surface area (Å²) < 4.78 is 0. The molecule has 4 heteroatoms. The van der Waals surface area contributed by atoms with Gasteiger partial charge in [0.25, 0.3) is 0 Å². The predicted octanol–water partition coefficient (Wildman–Crippen LogP) is 1.30. The molecule has 2 rings (SSSR count). The molecule has 0 aromatic heterocycles. The van der Waals surface area contributed by atoms with E-state index in [1.165, 1.54) is 18.9 Å². The highest BCUT2D eigenvalue weighted by atomic mass is 16.3. The second kappa shape index (κ2) is 3.98. The molecule has 4 nitrogen and oxygen atoms in total. The minimum atomic E-state index is -0.444. The molecule has 0 aliphatic heterocycles. The lowest BCUT2D eigenvalue weighted by atomic mass is 10.1. The van der Waals surface area contributed by atoms with Gasteiger partial charge in [-0.2, -0.15) is 0 Å². The number of nitrogens with one attached hydrogen (secondary N) is 1. The van der Waals surface area contributed by atoms with E-state index in [-0.39, 0.29) is 11.5 Å². The van der Waals surface area contributed by atoms with Gasteiger partial charge in [-0.1, -0.05) is 6.07 Å². The van der Waals surface area contributed by atoms with Crippen molar-refractivity contribution >= 4 is 0 Å². The number of rotatable bonds is 4. The Labute approximate surface area is 88.2 Å². The minimum absolute atomic E-state index is 0.238. The summed E-state index contributed by atoms with van der Waals surface area (Å²) in [5, 5.41) is 31.1. The van der Waals surface area contributed by atoms with Crippen LogP contribution in [-0.2, 0) is 6.54 Å². The van der Waals surface area contributed by atoms with E-state index in [2.05, 4.69) is 5.32 Å². The number of phenols is 3. The predicted molar refractivity (Wildman–Crippen MR) is 55.9 cm³/mol. The van der Waals surface area contributed by atoms with E-state index in [9.17, 15) is 10.2 Å². The van der Waals surface area contributed by atoms with Crippen molar-refractivity contribution in [2.75, 3.05) is 6.54 Å². The summed E-state index contributed by atoms with van der Waals surface area (Å²) >= 11 is 0. The first-order valence-electron chi connectivity index (χ1n) is 5.12. The maximum atomic E-state index is 9.51. The molecular formula is C11H15NO3. The van der Waals surface area contributed by atoms with Crippen molar-refractivity contribution in [3.05, 3.63) is 17.7 Å². The van der Waals surface area contributed by atoms with E-state index in [0.29, 0.717) is 12.1 Å². The van der Waals surface area contributed by atoms with Crippen LogP contribution in [0.2, 0.25) is 0 Å². The van der Waals surface area contributed by atoms with E-state index in [0.717, 1.165) is 12.5 Å². The van der Waals surface area contributed by atoms with Gasteiger partial charge < -0.3 is 20.6 Å². The van der Waals surface area contributed by atoms with Gasteiger partial charge in [0.05, 0.1) is 0 Å². The zero-order valence-electron chi connectivity index (χ0n) is 8.40. The van der Waals surface area contributed by atoms with Crippen molar-refractivity contribution in [2.45, 2.75) is 19.4 Å². The van der Waals surface area contributed by atoms with Gasteiger partial charge in [0, 0.05) is 12.1 Å². The van der Waals surface area contributed by atoms with Crippen LogP contribution in [0.4, 0.5) is 0 Å². The smallest absolute Gasteiger partial charge is 0.200 e. The first-order valence-corrected chi connectivity index (χ1v) is 5.12. The molecule has 0 amide bonds. The summed E-state index contributed by atoms with van der Waals surface area (Å²) in [7, 11) is 0. The van der Waals surface area contributed by atoms with Crippen LogP contribution < -0.4 is 5.32 Å². The number of aromatic hydroxyl groups is 3. The molecule has 0 bridgehead atoms. The third-order valence-electron chi connectivity index (χ3n) is 2.66. The van der Waals surface area contributed by atoms with Crippen molar-refractivity contribution in [3.8, 4) is 17.2 Å². The van der Waals surface area contributed by atoms with E-state index in [4.69, 9.17) is 5.11 Å². The molecule has 0 saturated heterocycles. The molecule has 1 aliphatic rings. The van der Waals surface area contributed by atoms with E-state index >= 15 is 0 Å². The minimum Gasteiger partial charge on any atom is -0.504 e. The van der Waals surface area contributed by atoms with Gasteiger partial charge in [0.15, 0.2) is 11.5 Å². The van der Waals surface area contributed by atoms with Crippen LogP contribution in [0.25, 0.3) is 0 Å². The lowest BCUT2D eigenvalue weighted by Gasteiger charge is -2.08. The Morgan fingerprint density at radius 1 is 1.13 bits per heavy atom. The fraction of sp³-hybridized carbons (Fsp3) is 0.455. The molecule has 0 radical (unpaired) electrons. The van der Waals surface area contributed by atoms with Crippen molar-refractivity contribution in [2.24, 2.45) is 5.92 Å². The Morgan fingerprint density at radius 3 is 2.53 bits per heavy atom. The fourth-order valence-corrected chi connectivity index (χ4v) is 1.49. The van der Waals surface area contributed by atoms with Crippen molar-refractivity contribution in [1.29, 1.82) is 0 Å². The van der Waals surface area contributed by atoms with Gasteiger partial charge >= 0.3 is 0 Å². The van der Waals surface area contributed by atoms with Crippen LogP contribution in [0.3, 0.4) is 0 Å². The average Bonchev–Trinajstić information content (AvgIpc) is 3.02. The monoisotopic (exact) mass is 209 g/mol. The molecule has 4 N–H and O–H groups in total. The van der Waals surface area contributed by atoms with Crippen LogP contribution in [0.1, 0.15) is 18.4 Å². The van der Waals surface area contributed by atoms with Gasteiger partial charge in [-0.15, -0.1) is 0 Å². The molecular weight excluding hydrogens is 194 g/mol. The molecule has 1 aliphatic carbocycles. The first kappa shape index (κ1) is 10.1. The number of benzene rings is 1. The highest BCUT2D eigenvalue weighted by Crippen LogP contribution is 2.37. The molecule has 0 unspecified atom stereocenters. The van der Waals surface area contributed by atoms with Gasteiger partial charge in [-0.3, -0.25) is 0 Å². The summed E-state index contributed by atoms with van der Waals surface area (Å²) in [4.78, 5) is 0. The lowest BCUT2D eigenvalue weighted by Crippen LogP contribution is -2.16. The largest absolute Gasteiger partial charge is 0.504 e. The number of hydrogen-bond acceptors (Lipinski definition) is 4. The topological polar surface area (TPSA) is 72.7 Å². The maximum Gasteiger partial charge on any atom is 0.200 e. The quantitative estimate of drug-likeness (QED) is 0.564. The van der Waals surface area contributed by atoms with E-state index in [1.807, 2.05) is 0 Å². The molecule has 0 atom stereocenters. The molecule has 0 heterocycles. The van der Waals surface area contributed by atoms with E-state index < -0.39 is 5.75 Å². The van der Waals surface area contributed by atoms with Crippen molar-refractivity contribution < 1.29 is 15.3 Å². The standard InChI is InChI=1S/C11H15NO3/c13-9-4-3-8(10(14)11(9)15)6-12-5-7-1-2-7/h3-4,7,12-15H,1-2,5-6H2. The van der Waals surface area contributed by atoms with Crippen LogP contribution in [0.15, 0.2) is 12.1 Å². The van der Waals surface area contributed by atoms with Crippen LogP contribution in [-0.4, -0.2) is 21.9 Å². The second-order valence-electron chi connectivity index (χ2n) is 4.02. The van der Waals surface area contributed by atoms with Gasteiger partial charge in [-0.05, 0) is 31.4 Å². The Kier molecular flexibility index (Phi) is 2.68. The molecule has 1 aromatic carbocycles. The first-order chi connectivity index (χ1) is 7.18. The third-order valence-corrected chi connectivity index (χ3v) is 2.66. The van der Waals surface area contributed by atoms with Crippen molar-refractivity contribution in [1.82, 2.24) is 5.32 Å². The Morgan fingerprint density at radius 2 is 1.87 bits per heavy atom. The van der Waals surface area contributed by atoms with Gasteiger partial charge in [-0.25, -0.2) is 0 Å². The maximum absolute atomic E-state index is 9.51. The van der Waals surface area contributed by atoms with Gasteiger partial charge in [0.2, 0.25) is 5.75 Å². The zero-order valence-corrected chi connectivity index (χ0v) is 8.40. The fourth-order valence-electron chi connectivity index (χ4n) is 1.49.